The molecule has 1 saturated heterocycles. The first-order chi connectivity index (χ1) is 14.5. The molecule has 2 heterocycles. The van der Waals surface area contributed by atoms with Crippen molar-refractivity contribution in [3.8, 4) is 11.3 Å². The zero-order valence-corrected chi connectivity index (χ0v) is 18.1. The summed E-state index contributed by atoms with van der Waals surface area (Å²) < 4.78 is 32.1. The van der Waals surface area contributed by atoms with Gasteiger partial charge in [0.15, 0.2) is 0 Å². The van der Waals surface area contributed by atoms with Crippen molar-refractivity contribution >= 4 is 32.7 Å². The number of hydrazone groups is 1. The van der Waals surface area contributed by atoms with E-state index in [2.05, 4.69) is 15.5 Å². The molecule has 156 valence electrons. The minimum atomic E-state index is -3.49. The fourth-order valence-corrected chi connectivity index (χ4v) is 5.08. The van der Waals surface area contributed by atoms with Crippen LogP contribution in [0.1, 0.15) is 11.1 Å². The molecule has 0 spiro atoms. The molecule has 2 aromatic carbocycles. The Morgan fingerprint density at radius 3 is 2.50 bits per heavy atom. The molecule has 0 aliphatic carbocycles. The Morgan fingerprint density at radius 2 is 1.80 bits per heavy atom. The van der Waals surface area contributed by atoms with Crippen LogP contribution in [-0.4, -0.2) is 50.2 Å². The average molecular weight is 443 g/mol. The normalized spacial score (nSPS) is 15.5. The zero-order chi connectivity index (χ0) is 21.0. The van der Waals surface area contributed by atoms with E-state index in [-0.39, 0.29) is 4.90 Å². The van der Waals surface area contributed by atoms with E-state index >= 15 is 0 Å². The minimum Gasteiger partial charge on any atom is -0.379 e. The van der Waals surface area contributed by atoms with Gasteiger partial charge in [-0.05, 0) is 24.6 Å². The lowest BCUT2D eigenvalue weighted by molar-refractivity contribution is 0.0730. The van der Waals surface area contributed by atoms with Gasteiger partial charge in [-0.3, -0.25) is 5.43 Å². The number of aromatic nitrogens is 1. The van der Waals surface area contributed by atoms with Gasteiger partial charge in [-0.1, -0.05) is 42.0 Å². The molecule has 9 heteroatoms. The van der Waals surface area contributed by atoms with Gasteiger partial charge in [-0.15, -0.1) is 11.3 Å². The summed E-state index contributed by atoms with van der Waals surface area (Å²) in [4.78, 5) is 4.81. The Labute approximate surface area is 180 Å². The molecule has 1 fully saturated rings. The van der Waals surface area contributed by atoms with Crippen molar-refractivity contribution in [2.75, 3.05) is 31.7 Å². The summed E-state index contributed by atoms with van der Waals surface area (Å²) in [6.45, 7) is 3.67. The van der Waals surface area contributed by atoms with Crippen LogP contribution in [0, 0.1) is 6.92 Å². The van der Waals surface area contributed by atoms with E-state index in [9.17, 15) is 8.42 Å². The first-order valence-corrected chi connectivity index (χ1v) is 11.8. The smallest absolute Gasteiger partial charge is 0.243 e. The van der Waals surface area contributed by atoms with E-state index in [1.54, 1.807) is 30.5 Å². The molecule has 3 aromatic rings. The minimum absolute atomic E-state index is 0.282. The second-order valence-electron chi connectivity index (χ2n) is 6.86. The molecule has 30 heavy (non-hydrogen) atoms. The van der Waals surface area contributed by atoms with E-state index in [1.807, 2.05) is 36.6 Å². The maximum Gasteiger partial charge on any atom is 0.243 e. The lowest BCUT2D eigenvalue weighted by Crippen LogP contribution is -2.40. The van der Waals surface area contributed by atoms with Crippen molar-refractivity contribution in [2.24, 2.45) is 5.10 Å². The third-order valence-electron chi connectivity index (χ3n) is 4.71. The van der Waals surface area contributed by atoms with E-state index in [0.29, 0.717) is 31.4 Å². The number of morpholine rings is 1. The number of sulfonamides is 1. The van der Waals surface area contributed by atoms with Gasteiger partial charge in [0.05, 0.1) is 30.0 Å². The molecule has 0 saturated carbocycles. The van der Waals surface area contributed by atoms with Crippen LogP contribution in [0.25, 0.3) is 11.3 Å². The predicted molar refractivity (Wildman–Crippen MR) is 120 cm³/mol. The number of nitrogens with zero attached hydrogens (tertiary/aromatic N) is 3. The summed E-state index contributed by atoms with van der Waals surface area (Å²) >= 11 is 1.44. The summed E-state index contributed by atoms with van der Waals surface area (Å²) in [7, 11) is -3.49. The van der Waals surface area contributed by atoms with Crippen LogP contribution >= 0.6 is 11.3 Å². The zero-order valence-electron chi connectivity index (χ0n) is 16.5. The Morgan fingerprint density at radius 1 is 1.10 bits per heavy atom. The summed E-state index contributed by atoms with van der Waals surface area (Å²) in [5.41, 5.74) is 6.76. The van der Waals surface area contributed by atoms with Crippen molar-refractivity contribution in [3.63, 3.8) is 0 Å². The molecule has 4 rings (SSSR count). The van der Waals surface area contributed by atoms with Crippen LogP contribution in [0.3, 0.4) is 0 Å². The average Bonchev–Trinajstić information content (AvgIpc) is 3.25. The van der Waals surface area contributed by atoms with Gasteiger partial charge in [0.2, 0.25) is 15.2 Å². The Balaban J connectivity index is 1.42. The molecular weight excluding hydrogens is 420 g/mol. The highest BCUT2D eigenvalue weighted by atomic mass is 32.2. The maximum atomic E-state index is 12.7. The standard InChI is InChI=1S/C21H22N4O3S2/c1-16-2-4-17(5-3-16)14-22-24-21-23-20(15-29-21)18-6-8-19(9-7-18)30(26,27)25-10-12-28-13-11-25/h2-9,14-15H,10-13H2,1H3,(H,23,24)/b22-14-. The topological polar surface area (TPSA) is 83.9 Å². The molecule has 7 nitrogen and oxygen atoms in total. The highest BCUT2D eigenvalue weighted by Crippen LogP contribution is 2.27. The lowest BCUT2D eigenvalue weighted by atomic mass is 10.2. The van der Waals surface area contributed by atoms with Crippen LogP contribution in [-0.2, 0) is 14.8 Å². The first kappa shape index (κ1) is 20.7. The predicted octanol–water partition coefficient (Wildman–Crippen LogP) is 3.59. The maximum absolute atomic E-state index is 12.7. The second-order valence-corrected chi connectivity index (χ2v) is 9.66. The van der Waals surface area contributed by atoms with Gasteiger partial charge in [-0.25, -0.2) is 13.4 Å². The lowest BCUT2D eigenvalue weighted by Gasteiger charge is -2.26. The van der Waals surface area contributed by atoms with Gasteiger partial charge in [0.25, 0.3) is 0 Å². The van der Waals surface area contributed by atoms with Crippen LogP contribution < -0.4 is 5.43 Å². The highest BCUT2D eigenvalue weighted by molar-refractivity contribution is 7.89. The third kappa shape index (κ3) is 4.76. The number of rotatable bonds is 6. The third-order valence-corrected chi connectivity index (χ3v) is 7.37. The Bertz CT molecular complexity index is 1120. The molecule has 1 aliphatic heterocycles. The summed E-state index contributed by atoms with van der Waals surface area (Å²) in [6.07, 6.45) is 1.74. The van der Waals surface area contributed by atoms with Gasteiger partial charge in [0.1, 0.15) is 0 Å². The van der Waals surface area contributed by atoms with Gasteiger partial charge in [0, 0.05) is 24.0 Å². The Kier molecular flexibility index (Phi) is 6.24. The van der Waals surface area contributed by atoms with Crippen LogP contribution in [0.2, 0.25) is 0 Å². The van der Waals surface area contributed by atoms with Crippen molar-refractivity contribution in [2.45, 2.75) is 11.8 Å². The van der Waals surface area contributed by atoms with Gasteiger partial charge < -0.3 is 4.74 Å². The highest BCUT2D eigenvalue weighted by Gasteiger charge is 2.26. The van der Waals surface area contributed by atoms with E-state index in [0.717, 1.165) is 16.8 Å². The number of hydrogen-bond donors (Lipinski definition) is 1. The number of thiazole rings is 1. The monoisotopic (exact) mass is 442 g/mol. The second kappa shape index (κ2) is 9.05. The molecule has 0 bridgehead atoms. The van der Waals surface area contributed by atoms with Crippen molar-refractivity contribution in [1.82, 2.24) is 9.29 Å². The summed E-state index contributed by atoms with van der Waals surface area (Å²) in [6, 6.07) is 14.9. The molecule has 1 aliphatic rings. The molecule has 1 aromatic heterocycles. The number of benzene rings is 2. The fourth-order valence-electron chi connectivity index (χ4n) is 3.01. The molecule has 1 N–H and O–H groups in total. The largest absolute Gasteiger partial charge is 0.379 e. The molecular formula is C21H22N4O3S2. The number of anilines is 1. The van der Waals surface area contributed by atoms with E-state index in [1.165, 1.54) is 21.2 Å². The van der Waals surface area contributed by atoms with Crippen LogP contribution in [0.4, 0.5) is 5.13 Å². The van der Waals surface area contributed by atoms with Crippen molar-refractivity contribution < 1.29 is 13.2 Å². The van der Waals surface area contributed by atoms with Gasteiger partial charge >= 0.3 is 0 Å². The number of ether oxygens (including phenoxy) is 1. The van der Waals surface area contributed by atoms with Crippen molar-refractivity contribution in [1.29, 1.82) is 0 Å². The van der Waals surface area contributed by atoms with Gasteiger partial charge in [-0.2, -0.15) is 9.41 Å². The van der Waals surface area contributed by atoms with E-state index in [4.69, 9.17) is 4.74 Å². The number of aryl methyl sites for hydroxylation is 1. The summed E-state index contributed by atoms with van der Waals surface area (Å²) in [5, 5.41) is 6.80. The SMILES string of the molecule is Cc1ccc(/C=N\Nc2nc(-c3ccc(S(=O)(=O)N4CCOCC4)cc3)cs2)cc1. The quantitative estimate of drug-likeness (QED) is 0.466. The molecule has 0 unspecified atom stereocenters. The molecule has 0 radical (unpaired) electrons. The number of nitrogens with one attached hydrogen (secondary N) is 1. The van der Waals surface area contributed by atoms with E-state index < -0.39 is 10.0 Å². The van der Waals surface area contributed by atoms with Crippen LogP contribution in [0.15, 0.2) is 63.9 Å². The summed E-state index contributed by atoms with van der Waals surface area (Å²) in [5.74, 6) is 0. The van der Waals surface area contributed by atoms with Crippen molar-refractivity contribution in [3.05, 3.63) is 65.0 Å². The molecule has 0 amide bonds. The Hall–Kier alpha value is -2.59. The first-order valence-electron chi connectivity index (χ1n) is 9.52. The number of hydrogen-bond acceptors (Lipinski definition) is 7. The fraction of sp³-hybridized carbons (Fsp3) is 0.238. The molecule has 0 atom stereocenters. The van der Waals surface area contributed by atoms with Crippen LogP contribution in [0.5, 0.6) is 0 Å².